The van der Waals surface area contributed by atoms with Crippen LogP contribution in [0.15, 0.2) is 65.5 Å². The number of aromatic nitrogens is 1. The number of hydrogen-bond acceptors (Lipinski definition) is 5. The molecule has 150 valence electrons. The van der Waals surface area contributed by atoms with Gasteiger partial charge in [0.2, 0.25) is 0 Å². The second-order valence-corrected chi connectivity index (χ2v) is 8.02. The Bertz CT molecular complexity index is 907. The molecule has 0 radical (unpaired) electrons. The fourth-order valence-corrected chi connectivity index (χ4v) is 4.08. The van der Waals surface area contributed by atoms with Gasteiger partial charge >= 0.3 is 0 Å². The van der Waals surface area contributed by atoms with Crippen LogP contribution in [0.5, 0.6) is 5.75 Å². The van der Waals surface area contributed by atoms with Crippen LogP contribution in [0.25, 0.3) is 0 Å². The van der Waals surface area contributed by atoms with Crippen molar-refractivity contribution in [1.29, 1.82) is 0 Å². The first kappa shape index (κ1) is 19.6. The van der Waals surface area contributed by atoms with Crippen LogP contribution in [0.1, 0.15) is 34.5 Å². The van der Waals surface area contributed by atoms with E-state index in [2.05, 4.69) is 39.5 Å². The lowest BCUT2D eigenvalue weighted by atomic mass is 10.0. The topological polar surface area (TPSA) is 54.5 Å². The molecule has 1 aliphatic heterocycles. The Balaban J connectivity index is 1.26. The minimum atomic E-state index is -0.0365. The summed E-state index contributed by atoms with van der Waals surface area (Å²) in [6.07, 6.45) is 1.94. The molecule has 1 aromatic heterocycles. The summed E-state index contributed by atoms with van der Waals surface area (Å²) in [5.41, 5.74) is 4.65. The molecule has 4 rings (SSSR count). The number of nitrogens with zero attached hydrogens (tertiary/aromatic N) is 2. The molecule has 0 aliphatic carbocycles. The molecule has 0 atom stereocenters. The summed E-state index contributed by atoms with van der Waals surface area (Å²) in [5, 5.41) is 5.14. The minimum absolute atomic E-state index is 0.0365. The summed E-state index contributed by atoms with van der Waals surface area (Å²) >= 11 is 1.54. The maximum Gasteiger partial charge on any atom is 0.251 e. The van der Waals surface area contributed by atoms with Gasteiger partial charge in [-0.15, -0.1) is 11.3 Å². The molecule has 0 saturated carbocycles. The fourth-order valence-electron chi connectivity index (χ4n) is 3.54. The molecule has 1 amide bonds. The Morgan fingerprint density at radius 2 is 1.97 bits per heavy atom. The van der Waals surface area contributed by atoms with Gasteiger partial charge in [-0.25, -0.2) is 4.98 Å². The molecule has 29 heavy (non-hydrogen) atoms. The normalized spacial score (nSPS) is 15.2. The molecule has 2 aromatic carbocycles. The lowest BCUT2D eigenvalue weighted by molar-refractivity contribution is 0.0908. The molecule has 6 heteroatoms. The molecule has 1 fully saturated rings. The average Bonchev–Trinajstić information content (AvgIpc) is 3.28. The Morgan fingerprint density at radius 3 is 2.72 bits per heavy atom. The standard InChI is InChI=1S/C23H25N3O2S/c27-23(19-7-4-8-22(13-19)28-15-21-16-29-17-24-21)25-20-9-11-26(12-10-20)14-18-5-2-1-3-6-18/h1-8,13,16-17,20H,9-12,14-15H2,(H,25,27). The SMILES string of the molecule is O=C(NC1CCN(Cc2ccccc2)CC1)c1cccc(OCc2cscn2)c1. The highest BCUT2D eigenvalue weighted by molar-refractivity contribution is 7.07. The van der Waals surface area contributed by atoms with Crippen molar-refractivity contribution in [1.82, 2.24) is 15.2 Å². The molecule has 1 saturated heterocycles. The molecule has 2 heterocycles. The second-order valence-electron chi connectivity index (χ2n) is 7.31. The minimum Gasteiger partial charge on any atom is -0.487 e. The van der Waals surface area contributed by atoms with Crippen LogP contribution < -0.4 is 10.1 Å². The summed E-state index contributed by atoms with van der Waals surface area (Å²) < 4.78 is 5.76. The number of nitrogens with one attached hydrogen (secondary N) is 1. The van der Waals surface area contributed by atoms with Crippen molar-refractivity contribution >= 4 is 17.2 Å². The number of ether oxygens (including phenoxy) is 1. The zero-order chi connectivity index (χ0) is 19.9. The van der Waals surface area contributed by atoms with E-state index in [0.29, 0.717) is 17.9 Å². The largest absolute Gasteiger partial charge is 0.487 e. The van der Waals surface area contributed by atoms with E-state index < -0.39 is 0 Å². The van der Waals surface area contributed by atoms with E-state index in [1.54, 1.807) is 22.9 Å². The maximum absolute atomic E-state index is 12.7. The highest BCUT2D eigenvalue weighted by atomic mass is 32.1. The van der Waals surface area contributed by atoms with E-state index in [9.17, 15) is 4.79 Å². The van der Waals surface area contributed by atoms with E-state index in [1.807, 2.05) is 29.6 Å². The van der Waals surface area contributed by atoms with Gasteiger partial charge in [-0.2, -0.15) is 0 Å². The van der Waals surface area contributed by atoms with E-state index in [4.69, 9.17) is 4.74 Å². The van der Waals surface area contributed by atoms with Crippen LogP contribution in [0.4, 0.5) is 0 Å². The lowest BCUT2D eigenvalue weighted by Crippen LogP contribution is -2.44. The van der Waals surface area contributed by atoms with Gasteiger partial charge < -0.3 is 10.1 Å². The number of rotatable bonds is 7. The van der Waals surface area contributed by atoms with Crippen molar-refractivity contribution in [3.8, 4) is 5.75 Å². The second kappa shape index (κ2) is 9.67. The smallest absolute Gasteiger partial charge is 0.251 e. The molecule has 3 aromatic rings. The van der Waals surface area contributed by atoms with Gasteiger partial charge in [0.15, 0.2) is 0 Å². The number of carbonyl (C=O) groups is 1. The lowest BCUT2D eigenvalue weighted by Gasteiger charge is -2.32. The molecule has 0 bridgehead atoms. The summed E-state index contributed by atoms with van der Waals surface area (Å²) in [7, 11) is 0. The monoisotopic (exact) mass is 407 g/mol. The van der Waals surface area contributed by atoms with Crippen molar-refractivity contribution in [2.24, 2.45) is 0 Å². The highest BCUT2D eigenvalue weighted by Gasteiger charge is 2.21. The van der Waals surface area contributed by atoms with Gasteiger partial charge in [0.05, 0.1) is 11.2 Å². The first-order chi connectivity index (χ1) is 14.3. The third-order valence-corrected chi connectivity index (χ3v) is 5.77. The van der Waals surface area contributed by atoms with Gasteiger partial charge in [-0.05, 0) is 36.6 Å². The molecule has 1 N–H and O–H groups in total. The number of benzene rings is 2. The average molecular weight is 408 g/mol. The number of carbonyl (C=O) groups excluding carboxylic acids is 1. The van der Waals surface area contributed by atoms with Gasteiger partial charge in [0.25, 0.3) is 5.91 Å². The molecule has 0 unspecified atom stereocenters. The quantitative estimate of drug-likeness (QED) is 0.640. The first-order valence-electron chi connectivity index (χ1n) is 9.93. The molecule has 1 aliphatic rings. The van der Waals surface area contributed by atoms with Crippen LogP contribution >= 0.6 is 11.3 Å². The Hall–Kier alpha value is -2.70. The van der Waals surface area contributed by atoms with E-state index in [-0.39, 0.29) is 11.9 Å². The fraction of sp³-hybridized carbons (Fsp3) is 0.304. The third kappa shape index (κ3) is 5.65. The summed E-state index contributed by atoms with van der Waals surface area (Å²) in [6, 6.07) is 18.1. The predicted octanol–water partition coefficient (Wildman–Crippen LogP) is 4.12. The van der Waals surface area contributed by atoms with E-state index >= 15 is 0 Å². The highest BCUT2D eigenvalue weighted by Crippen LogP contribution is 2.17. The van der Waals surface area contributed by atoms with Gasteiger partial charge in [0, 0.05) is 36.6 Å². The van der Waals surface area contributed by atoms with Crippen molar-refractivity contribution in [3.05, 3.63) is 82.3 Å². The zero-order valence-corrected chi connectivity index (χ0v) is 17.1. The Kier molecular flexibility index (Phi) is 6.54. The predicted molar refractivity (Wildman–Crippen MR) is 115 cm³/mol. The maximum atomic E-state index is 12.7. The summed E-state index contributed by atoms with van der Waals surface area (Å²) in [6.45, 7) is 3.38. The molecule has 5 nitrogen and oxygen atoms in total. The number of hydrogen-bond donors (Lipinski definition) is 1. The zero-order valence-electron chi connectivity index (χ0n) is 16.3. The van der Waals surface area contributed by atoms with Crippen LogP contribution in [0, 0.1) is 0 Å². The molecule has 0 spiro atoms. The van der Waals surface area contributed by atoms with Crippen molar-refractivity contribution in [3.63, 3.8) is 0 Å². The number of amides is 1. The van der Waals surface area contributed by atoms with Crippen molar-refractivity contribution < 1.29 is 9.53 Å². The van der Waals surface area contributed by atoms with Crippen LogP contribution in [0.2, 0.25) is 0 Å². The molecular weight excluding hydrogens is 382 g/mol. The van der Waals surface area contributed by atoms with Crippen LogP contribution in [-0.2, 0) is 13.2 Å². The Morgan fingerprint density at radius 1 is 1.14 bits per heavy atom. The number of piperidine rings is 1. The van der Waals surface area contributed by atoms with E-state index in [0.717, 1.165) is 38.2 Å². The van der Waals surface area contributed by atoms with Gasteiger partial charge in [-0.3, -0.25) is 9.69 Å². The third-order valence-electron chi connectivity index (χ3n) is 5.14. The number of thiazole rings is 1. The summed E-state index contributed by atoms with van der Waals surface area (Å²) in [5.74, 6) is 0.647. The van der Waals surface area contributed by atoms with Crippen molar-refractivity contribution in [2.75, 3.05) is 13.1 Å². The van der Waals surface area contributed by atoms with E-state index in [1.165, 1.54) is 5.56 Å². The summed E-state index contributed by atoms with van der Waals surface area (Å²) in [4.78, 5) is 19.3. The van der Waals surface area contributed by atoms with Crippen LogP contribution in [-0.4, -0.2) is 34.9 Å². The molecular formula is C23H25N3O2S. The van der Waals surface area contributed by atoms with Crippen LogP contribution in [0.3, 0.4) is 0 Å². The van der Waals surface area contributed by atoms with Gasteiger partial charge in [-0.1, -0.05) is 36.4 Å². The van der Waals surface area contributed by atoms with Gasteiger partial charge in [0.1, 0.15) is 12.4 Å². The Labute approximate surface area is 175 Å². The van der Waals surface area contributed by atoms with Crippen molar-refractivity contribution in [2.45, 2.75) is 32.0 Å². The number of likely N-dealkylation sites (tertiary alicyclic amines) is 1. The first-order valence-corrected chi connectivity index (χ1v) is 10.9.